The highest BCUT2D eigenvalue weighted by Crippen LogP contribution is 2.28. The van der Waals surface area contributed by atoms with Gasteiger partial charge >= 0.3 is 0 Å². The van der Waals surface area contributed by atoms with Gasteiger partial charge in [0.05, 0.1) is 8.07 Å². The van der Waals surface area contributed by atoms with Crippen molar-refractivity contribution in [3.05, 3.63) is 58.8 Å². The normalized spacial score (nSPS) is 18.6. The van der Waals surface area contributed by atoms with Crippen LogP contribution in [0.25, 0.3) is 0 Å². The highest BCUT2D eigenvalue weighted by Gasteiger charge is 2.31. The maximum absolute atomic E-state index is 13.0. The number of rotatable bonds is 8. The van der Waals surface area contributed by atoms with Gasteiger partial charge in [-0.25, -0.2) is 0 Å². The number of allylic oxidation sites excluding steroid dienone is 1. The summed E-state index contributed by atoms with van der Waals surface area (Å²) in [5, 5.41) is 0. The third-order valence-corrected chi connectivity index (χ3v) is 5.67. The zero-order valence-electron chi connectivity index (χ0n) is 16.3. The van der Waals surface area contributed by atoms with Gasteiger partial charge in [0.15, 0.2) is 0 Å². The Hall–Kier alpha value is -1.61. The fourth-order valence-electron chi connectivity index (χ4n) is 3.28. The number of likely N-dealkylation sites (tertiary alicyclic amines) is 1. The first-order valence-electron chi connectivity index (χ1n) is 9.66. The molecule has 1 aromatic carbocycles. The Kier molecular flexibility index (Phi) is 7.24. The molecule has 1 aliphatic heterocycles. The zero-order valence-corrected chi connectivity index (χ0v) is 17.3. The molecule has 0 unspecified atom stereocenters. The zero-order chi connectivity index (χ0) is 18.3. The van der Waals surface area contributed by atoms with E-state index in [1.54, 1.807) is 0 Å². The summed E-state index contributed by atoms with van der Waals surface area (Å²) in [5.41, 5.74) is 5.84. The van der Waals surface area contributed by atoms with E-state index in [4.69, 9.17) is 0 Å². The molecule has 1 fully saturated rings. The van der Waals surface area contributed by atoms with Crippen LogP contribution in [0.4, 0.5) is 0 Å². The summed E-state index contributed by atoms with van der Waals surface area (Å²) < 4.78 is 0. The summed E-state index contributed by atoms with van der Waals surface area (Å²) >= 11 is 0. The Bertz CT molecular complexity index is 625. The molecule has 25 heavy (non-hydrogen) atoms. The predicted octanol–water partition coefficient (Wildman–Crippen LogP) is 5.73. The highest BCUT2D eigenvalue weighted by molar-refractivity contribution is 6.81. The standard InChI is InChI=1S/C22H33NOSi/c1-5-6-7-8-12-15-21-20(18-25(2,3)4)17-23(22(21)24)16-19-13-10-9-11-14-19/h9-11,13-15,18H,5-8,12,16-17H2,1-4H3/b20-18+,21-15-. The average Bonchev–Trinajstić information content (AvgIpc) is 2.82. The van der Waals surface area contributed by atoms with Crippen LogP contribution in [0, 0.1) is 0 Å². The predicted molar refractivity (Wildman–Crippen MR) is 110 cm³/mol. The molecule has 0 aliphatic carbocycles. The van der Waals surface area contributed by atoms with Crippen molar-refractivity contribution in [2.45, 2.75) is 65.2 Å². The monoisotopic (exact) mass is 355 g/mol. The summed E-state index contributed by atoms with van der Waals surface area (Å²) in [6.45, 7) is 10.7. The lowest BCUT2D eigenvalue weighted by molar-refractivity contribution is -0.125. The average molecular weight is 356 g/mol. The third kappa shape index (κ3) is 6.31. The number of carbonyl (C=O) groups excluding carboxylic acids is 1. The van der Waals surface area contributed by atoms with E-state index in [9.17, 15) is 4.79 Å². The lowest BCUT2D eigenvalue weighted by atomic mass is 10.1. The minimum Gasteiger partial charge on any atom is -0.330 e. The van der Waals surface area contributed by atoms with Gasteiger partial charge in [0.25, 0.3) is 5.91 Å². The van der Waals surface area contributed by atoms with E-state index in [0.717, 1.165) is 18.5 Å². The quantitative estimate of drug-likeness (QED) is 0.331. The van der Waals surface area contributed by atoms with Crippen molar-refractivity contribution in [3.8, 4) is 0 Å². The Labute approximate surface area is 154 Å². The maximum atomic E-state index is 13.0. The summed E-state index contributed by atoms with van der Waals surface area (Å²) in [7, 11) is -1.36. The molecule has 1 aromatic rings. The summed E-state index contributed by atoms with van der Waals surface area (Å²) in [6, 6.07) is 10.3. The molecule has 1 saturated heterocycles. The van der Waals surface area contributed by atoms with Crippen LogP contribution in [0.5, 0.6) is 0 Å². The lowest BCUT2D eigenvalue weighted by Gasteiger charge is -2.15. The van der Waals surface area contributed by atoms with Crippen LogP contribution in [0.2, 0.25) is 19.6 Å². The Morgan fingerprint density at radius 2 is 1.80 bits per heavy atom. The largest absolute Gasteiger partial charge is 0.330 e. The van der Waals surface area contributed by atoms with E-state index in [1.165, 1.54) is 36.8 Å². The van der Waals surface area contributed by atoms with Crippen molar-refractivity contribution in [1.29, 1.82) is 0 Å². The summed E-state index contributed by atoms with van der Waals surface area (Å²) in [5.74, 6) is 0.212. The van der Waals surface area contributed by atoms with Crippen molar-refractivity contribution in [2.24, 2.45) is 0 Å². The molecule has 3 heteroatoms. The van der Waals surface area contributed by atoms with Crippen molar-refractivity contribution >= 4 is 14.0 Å². The van der Waals surface area contributed by atoms with E-state index >= 15 is 0 Å². The number of nitrogens with zero attached hydrogens (tertiary/aromatic N) is 1. The Morgan fingerprint density at radius 3 is 2.44 bits per heavy atom. The number of amides is 1. The topological polar surface area (TPSA) is 20.3 Å². The molecule has 1 amide bonds. The van der Waals surface area contributed by atoms with Crippen molar-refractivity contribution in [2.75, 3.05) is 6.54 Å². The lowest BCUT2D eigenvalue weighted by Crippen LogP contribution is -2.24. The molecule has 0 saturated carbocycles. The van der Waals surface area contributed by atoms with Crippen LogP contribution in [-0.2, 0) is 11.3 Å². The van der Waals surface area contributed by atoms with Gasteiger partial charge in [0, 0.05) is 18.7 Å². The fourth-order valence-corrected chi connectivity index (χ4v) is 4.58. The second kappa shape index (κ2) is 9.19. The second-order valence-electron chi connectivity index (χ2n) is 8.15. The van der Waals surface area contributed by atoms with Crippen molar-refractivity contribution in [1.82, 2.24) is 4.90 Å². The molecule has 0 N–H and O–H groups in total. The van der Waals surface area contributed by atoms with Crippen molar-refractivity contribution in [3.63, 3.8) is 0 Å². The molecule has 0 aromatic heterocycles. The Morgan fingerprint density at radius 1 is 1.08 bits per heavy atom. The highest BCUT2D eigenvalue weighted by atomic mass is 28.3. The minimum atomic E-state index is -1.36. The van der Waals surface area contributed by atoms with Gasteiger partial charge in [-0.3, -0.25) is 4.79 Å². The molecule has 1 aliphatic rings. The molecular formula is C22H33NOSi. The molecule has 2 rings (SSSR count). The van der Waals surface area contributed by atoms with Crippen LogP contribution in [-0.4, -0.2) is 25.4 Å². The number of hydrogen-bond donors (Lipinski definition) is 0. The first kappa shape index (κ1) is 19.7. The van der Waals surface area contributed by atoms with Gasteiger partial charge in [-0.1, -0.05) is 87.9 Å². The van der Waals surface area contributed by atoms with E-state index in [1.807, 2.05) is 23.1 Å². The maximum Gasteiger partial charge on any atom is 0.254 e. The smallest absolute Gasteiger partial charge is 0.254 e. The first-order chi connectivity index (χ1) is 11.9. The molecule has 1 heterocycles. The summed E-state index contributed by atoms with van der Waals surface area (Å²) in [4.78, 5) is 15.0. The molecule has 0 atom stereocenters. The number of benzene rings is 1. The van der Waals surface area contributed by atoms with E-state index < -0.39 is 8.07 Å². The van der Waals surface area contributed by atoms with Gasteiger partial charge in [-0.2, -0.15) is 0 Å². The second-order valence-corrected chi connectivity index (χ2v) is 13.2. The number of hydrogen-bond acceptors (Lipinski definition) is 1. The Balaban J connectivity index is 2.14. The fraction of sp³-hybridized carbons (Fsp3) is 0.500. The van der Waals surface area contributed by atoms with Gasteiger partial charge in [0.2, 0.25) is 0 Å². The number of unbranched alkanes of at least 4 members (excludes halogenated alkanes) is 4. The van der Waals surface area contributed by atoms with E-state index in [0.29, 0.717) is 6.54 Å². The van der Waals surface area contributed by atoms with Gasteiger partial charge < -0.3 is 4.90 Å². The molecule has 0 radical (unpaired) electrons. The SMILES string of the molecule is CCCCCC/C=C1\C(=O)N(Cc2ccccc2)C\C1=C/[Si](C)(C)C. The molecular weight excluding hydrogens is 322 g/mol. The van der Waals surface area contributed by atoms with Crippen LogP contribution in [0.15, 0.2) is 53.3 Å². The van der Waals surface area contributed by atoms with E-state index in [2.05, 4.69) is 50.5 Å². The van der Waals surface area contributed by atoms with Crippen LogP contribution in [0.1, 0.15) is 44.6 Å². The number of carbonyl (C=O) groups is 1. The van der Waals surface area contributed by atoms with E-state index in [-0.39, 0.29) is 5.91 Å². The van der Waals surface area contributed by atoms with Gasteiger partial charge in [0.1, 0.15) is 0 Å². The third-order valence-electron chi connectivity index (χ3n) is 4.45. The van der Waals surface area contributed by atoms with Crippen molar-refractivity contribution < 1.29 is 4.79 Å². The molecule has 2 nitrogen and oxygen atoms in total. The molecule has 136 valence electrons. The molecule has 0 spiro atoms. The van der Waals surface area contributed by atoms with Crippen LogP contribution in [0.3, 0.4) is 0 Å². The van der Waals surface area contributed by atoms with Gasteiger partial charge in [-0.05, 0) is 24.0 Å². The van der Waals surface area contributed by atoms with Crippen LogP contribution < -0.4 is 0 Å². The van der Waals surface area contributed by atoms with Crippen LogP contribution >= 0.6 is 0 Å². The summed E-state index contributed by atoms with van der Waals surface area (Å²) in [6.07, 6.45) is 8.20. The minimum absolute atomic E-state index is 0.212. The molecule has 0 bridgehead atoms. The van der Waals surface area contributed by atoms with Gasteiger partial charge in [-0.15, -0.1) is 0 Å². The first-order valence-corrected chi connectivity index (χ1v) is 13.2.